The molecule has 0 bridgehead atoms. The van der Waals surface area contributed by atoms with Gasteiger partial charge in [-0.05, 0) is 35.9 Å². The third-order valence-electron chi connectivity index (χ3n) is 3.12. The predicted octanol–water partition coefficient (Wildman–Crippen LogP) is 1.96. The summed E-state index contributed by atoms with van der Waals surface area (Å²) in [5, 5.41) is 5.56. The van der Waals surface area contributed by atoms with Gasteiger partial charge in [-0.25, -0.2) is 12.8 Å². The molecule has 2 aromatic rings. The van der Waals surface area contributed by atoms with Crippen LogP contribution in [0.5, 0.6) is 0 Å². The number of halogens is 1. The normalized spacial score (nSPS) is 11.0. The summed E-state index contributed by atoms with van der Waals surface area (Å²) in [5.74, 6) is -0.577. The number of amides is 1. The van der Waals surface area contributed by atoms with E-state index in [2.05, 4.69) is 10.6 Å². The van der Waals surface area contributed by atoms with Crippen molar-refractivity contribution in [2.75, 3.05) is 18.1 Å². The zero-order valence-electron chi connectivity index (χ0n) is 12.5. The van der Waals surface area contributed by atoms with E-state index < -0.39 is 9.84 Å². The average Bonchev–Trinajstić information content (AvgIpc) is 2.52. The quantitative estimate of drug-likeness (QED) is 0.845. The van der Waals surface area contributed by atoms with Crippen LogP contribution in [0.1, 0.15) is 5.56 Å². The van der Waals surface area contributed by atoms with Gasteiger partial charge in [0.2, 0.25) is 5.91 Å². The minimum atomic E-state index is -3.28. The van der Waals surface area contributed by atoms with Crippen LogP contribution in [0, 0.1) is 5.82 Å². The number of hydrogen-bond donors (Lipinski definition) is 2. The molecule has 0 saturated carbocycles. The molecular weight excluding hydrogens is 319 g/mol. The first kappa shape index (κ1) is 17.0. The third-order valence-corrected chi connectivity index (χ3v) is 4.23. The number of nitrogens with one attached hydrogen (secondary N) is 2. The lowest BCUT2D eigenvalue weighted by Gasteiger charge is -2.09. The zero-order valence-corrected chi connectivity index (χ0v) is 13.4. The Morgan fingerprint density at radius 1 is 1.13 bits per heavy atom. The number of rotatable bonds is 6. The van der Waals surface area contributed by atoms with Crippen LogP contribution in [0.4, 0.5) is 10.1 Å². The smallest absolute Gasteiger partial charge is 0.239 e. The highest BCUT2D eigenvalue weighted by molar-refractivity contribution is 7.90. The van der Waals surface area contributed by atoms with Gasteiger partial charge in [-0.2, -0.15) is 0 Å². The van der Waals surface area contributed by atoms with E-state index in [1.807, 2.05) is 0 Å². The van der Waals surface area contributed by atoms with E-state index in [-0.39, 0.29) is 23.2 Å². The largest absolute Gasteiger partial charge is 0.376 e. The molecule has 0 heterocycles. The van der Waals surface area contributed by atoms with Crippen molar-refractivity contribution >= 4 is 21.4 Å². The van der Waals surface area contributed by atoms with Crippen molar-refractivity contribution < 1.29 is 17.6 Å². The minimum absolute atomic E-state index is 0.00834. The highest BCUT2D eigenvalue weighted by Gasteiger charge is 2.08. The van der Waals surface area contributed by atoms with Gasteiger partial charge in [0.05, 0.1) is 11.4 Å². The van der Waals surface area contributed by atoms with Gasteiger partial charge in [-0.3, -0.25) is 4.79 Å². The molecule has 0 aromatic heterocycles. The summed E-state index contributed by atoms with van der Waals surface area (Å²) in [6.45, 7) is 0.304. The Morgan fingerprint density at radius 3 is 2.48 bits per heavy atom. The molecule has 0 unspecified atom stereocenters. The Balaban J connectivity index is 1.86. The van der Waals surface area contributed by atoms with Gasteiger partial charge in [-0.15, -0.1) is 0 Å². The van der Waals surface area contributed by atoms with Crippen LogP contribution in [0.25, 0.3) is 0 Å². The molecule has 0 atom stereocenters. The summed E-state index contributed by atoms with van der Waals surface area (Å²) in [5.41, 5.74) is 1.34. The van der Waals surface area contributed by atoms with E-state index in [9.17, 15) is 17.6 Å². The molecule has 0 fully saturated rings. The highest BCUT2D eigenvalue weighted by Crippen LogP contribution is 2.14. The van der Waals surface area contributed by atoms with Crippen LogP contribution in [0.15, 0.2) is 53.4 Å². The van der Waals surface area contributed by atoms with Crippen LogP contribution in [0.3, 0.4) is 0 Å². The maximum absolute atomic E-state index is 12.8. The fourth-order valence-electron chi connectivity index (χ4n) is 1.88. The molecule has 0 aliphatic heterocycles. The van der Waals surface area contributed by atoms with E-state index in [1.165, 1.54) is 24.3 Å². The maximum atomic E-state index is 12.8. The number of hydrogen-bond acceptors (Lipinski definition) is 4. The molecule has 7 heteroatoms. The molecule has 0 spiro atoms. The summed E-state index contributed by atoms with van der Waals surface area (Å²) in [4.78, 5) is 12.0. The van der Waals surface area contributed by atoms with Gasteiger partial charge in [-0.1, -0.05) is 18.2 Å². The number of benzene rings is 2. The fourth-order valence-corrected chi connectivity index (χ4v) is 2.55. The minimum Gasteiger partial charge on any atom is -0.376 e. The highest BCUT2D eigenvalue weighted by atomic mass is 32.2. The standard InChI is InChI=1S/C16H17FN2O3S/c1-23(21,22)15-4-2-3-14(9-15)18-11-16(20)19-10-12-5-7-13(17)8-6-12/h2-9,18H,10-11H2,1H3,(H,19,20). The number of anilines is 1. The van der Waals surface area contributed by atoms with Crippen molar-refractivity contribution in [2.45, 2.75) is 11.4 Å². The van der Waals surface area contributed by atoms with Gasteiger partial charge in [0.15, 0.2) is 9.84 Å². The molecule has 1 amide bonds. The van der Waals surface area contributed by atoms with Crippen LogP contribution >= 0.6 is 0 Å². The molecule has 0 saturated heterocycles. The molecule has 2 rings (SSSR count). The SMILES string of the molecule is CS(=O)(=O)c1cccc(NCC(=O)NCc2ccc(F)cc2)c1. The first-order valence-corrected chi connectivity index (χ1v) is 8.79. The van der Waals surface area contributed by atoms with E-state index >= 15 is 0 Å². The van der Waals surface area contributed by atoms with Gasteiger partial charge in [0.1, 0.15) is 5.82 Å². The Morgan fingerprint density at radius 2 is 1.83 bits per heavy atom. The van der Waals surface area contributed by atoms with Crippen molar-refractivity contribution in [2.24, 2.45) is 0 Å². The summed E-state index contributed by atoms with van der Waals surface area (Å²) in [6.07, 6.45) is 1.13. The van der Waals surface area contributed by atoms with E-state index in [4.69, 9.17) is 0 Å². The van der Waals surface area contributed by atoms with Gasteiger partial charge < -0.3 is 10.6 Å². The van der Waals surface area contributed by atoms with Crippen LogP contribution in [-0.2, 0) is 21.2 Å². The van der Waals surface area contributed by atoms with E-state index in [0.717, 1.165) is 11.8 Å². The lowest BCUT2D eigenvalue weighted by atomic mass is 10.2. The molecule has 0 aliphatic rings. The van der Waals surface area contributed by atoms with Crippen molar-refractivity contribution in [3.05, 3.63) is 59.9 Å². The Hall–Kier alpha value is -2.41. The van der Waals surface area contributed by atoms with Crippen molar-refractivity contribution in [3.63, 3.8) is 0 Å². The second kappa shape index (κ2) is 7.23. The first-order chi connectivity index (χ1) is 10.8. The number of carbonyl (C=O) groups is 1. The topological polar surface area (TPSA) is 75.3 Å². The van der Waals surface area contributed by atoms with Crippen LogP contribution in [0.2, 0.25) is 0 Å². The molecule has 0 aliphatic carbocycles. The predicted molar refractivity (Wildman–Crippen MR) is 86.3 cm³/mol. The average molecular weight is 336 g/mol. The summed E-state index contributed by atoms with van der Waals surface area (Å²) in [7, 11) is -3.28. The van der Waals surface area contributed by atoms with Crippen molar-refractivity contribution in [3.8, 4) is 0 Å². The summed E-state index contributed by atoms with van der Waals surface area (Å²) >= 11 is 0. The molecule has 23 heavy (non-hydrogen) atoms. The van der Waals surface area contributed by atoms with Gasteiger partial charge in [0, 0.05) is 18.5 Å². The molecule has 2 aromatic carbocycles. The second-order valence-electron chi connectivity index (χ2n) is 5.06. The first-order valence-electron chi connectivity index (χ1n) is 6.90. The lowest BCUT2D eigenvalue weighted by molar-refractivity contribution is -0.119. The third kappa shape index (κ3) is 5.37. The van der Waals surface area contributed by atoms with E-state index in [0.29, 0.717) is 12.2 Å². The second-order valence-corrected chi connectivity index (χ2v) is 7.07. The van der Waals surface area contributed by atoms with Crippen LogP contribution < -0.4 is 10.6 Å². The molecule has 0 radical (unpaired) electrons. The Labute approximate surface area is 134 Å². The van der Waals surface area contributed by atoms with Crippen molar-refractivity contribution in [1.29, 1.82) is 0 Å². The monoisotopic (exact) mass is 336 g/mol. The molecule has 2 N–H and O–H groups in total. The van der Waals surface area contributed by atoms with Gasteiger partial charge in [0.25, 0.3) is 0 Å². The number of sulfone groups is 1. The Bertz CT molecular complexity index is 789. The molecule has 122 valence electrons. The van der Waals surface area contributed by atoms with Crippen molar-refractivity contribution in [1.82, 2.24) is 5.32 Å². The van der Waals surface area contributed by atoms with Gasteiger partial charge >= 0.3 is 0 Å². The zero-order chi connectivity index (χ0) is 16.9. The van der Waals surface area contributed by atoms with Crippen LogP contribution in [-0.4, -0.2) is 27.1 Å². The summed E-state index contributed by atoms with van der Waals surface area (Å²) in [6, 6.07) is 12.1. The Kier molecular flexibility index (Phi) is 5.33. The summed E-state index contributed by atoms with van der Waals surface area (Å²) < 4.78 is 35.7. The fraction of sp³-hybridized carbons (Fsp3) is 0.188. The number of carbonyl (C=O) groups excluding carboxylic acids is 1. The maximum Gasteiger partial charge on any atom is 0.239 e. The molecule has 5 nitrogen and oxygen atoms in total. The molecular formula is C16H17FN2O3S. The van der Waals surface area contributed by atoms with E-state index in [1.54, 1.807) is 24.3 Å². The lowest BCUT2D eigenvalue weighted by Crippen LogP contribution is -2.29.